The monoisotopic (exact) mass is 172 g/mol. The molecule has 0 unspecified atom stereocenters. The van der Waals surface area contributed by atoms with Gasteiger partial charge in [0.15, 0.2) is 0 Å². The second kappa shape index (κ2) is 3.75. The Morgan fingerprint density at radius 3 is 1.18 bits per heavy atom. The van der Waals surface area contributed by atoms with Gasteiger partial charge in [0, 0.05) is 9.52 Å². The van der Waals surface area contributed by atoms with E-state index >= 15 is 0 Å². The molecule has 0 aromatic heterocycles. The van der Waals surface area contributed by atoms with Crippen LogP contribution in [0.25, 0.3) is 0 Å². The van der Waals surface area contributed by atoms with E-state index in [1.807, 2.05) is 0 Å². The zero-order valence-electron chi connectivity index (χ0n) is 9.12. The molecule has 0 aliphatic rings. The first-order valence-corrected chi connectivity index (χ1v) is 6.71. The minimum atomic E-state index is 0.203. The van der Waals surface area contributed by atoms with Crippen molar-refractivity contribution in [2.45, 2.75) is 53.6 Å². The van der Waals surface area contributed by atoms with Gasteiger partial charge in [-0.3, -0.25) is 0 Å². The Hall–Kier alpha value is 0.217. The van der Waals surface area contributed by atoms with Crippen LogP contribution in [0.4, 0.5) is 0 Å². The summed E-state index contributed by atoms with van der Waals surface area (Å²) in [5, 5.41) is 0. The topological polar surface area (TPSA) is 0 Å². The Morgan fingerprint density at radius 1 is 0.727 bits per heavy atom. The zero-order chi connectivity index (χ0) is 9.12. The minimum absolute atomic E-state index is 0.203. The summed E-state index contributed by atoms with van der Waals surface area (Å²) in [6.45, 7) is 14.1. The molecule has 0 aliphatic carbocycles. The van der Waals surface area contributed by atoms with Gasteiger partial charge >= 0.3 is 0 Å². The first-order chi connectivity index (χ1) is 4.71. The van der Waals surface area contributed by atoms with Crippen LogP contribution >= 0.6 is 0 Å². The molecule has 0 nitrogen and oxygen atoms in total. The lowest BCUT2D eigenvalue weighted by molar-refractivity contribution is 0.445. The van der Waals surface area contributed by atoms with Crippen molar-refractivity contribution in [3.63, 3.8) is 0 Å². The molecule has 0 rings (SSSR count). The van der Waals surface area contributed by atoms with Crippen LogP contribution in [-0.2, 0) is 0 Å². The van der Waals surface area contributed by atoms with E-state index in [-0.39, 0.29) is 9.52 Å². The lowest BCUT2D eigenvalue weighted by atomic mass is 10.00. The van der Waals surface area contributed by atoms with E-state index in [4.69, 9.17) is 0 Å². The molecule has 0 atom stereocenters. The molecular formula is C10H24Si. The van der Waals surface area contributed by atoms with Crippen molar-refractivity contribution in [3.8, 4) is 0 Å². The molecule has 11 heavy (non-hydrogen) atoms. The molecule has 68 valence electrons. The average Bonchev–Trinajstić information content (AvgIpc) is 1.55. The van der Waals surface area contributed by atoms with E-state index in [0.717, 1.165) is 0 Å². The minimum Gasteiger partial charge on any atom is -0.0605 e. The van der Waals surface area contributed by atoms with Crippen molar-refractivity contribution in [3.05, 3.63) is 0 Å². The second-order valence-corrected chi connectivity index (χ2v) is 7.68. The molecular weight excluding hydrogens is 148 g/mol. The third-order valence-corrected chi connectivity index (χ3v) is 5.56. The molecule has 0 N–H and O–H groups in total. The summed E-state index contributed by atoms with van der Waals surface area (Å²) in [7, 11) is 0.203. The van der Waals surface area contributed by atoms with Crippen LogP contribution < -0.4 is 0 Å². The van der Waals surface area contributed by atoms with Crippen molar-refractivity contribution < 1.29 is 0 Å². The van der Waals surface area contributed by atoms with Crippen molar-refractivity contribution in [2.24, 2.45) is 10.8 Å². The summed E-state index contributed by atoms with van der Waals surface area (Å²) >= 11 is 0. The van der Waals surface area contributed by atoms with Gasteiger partial charge in [0.25, 0.3) is 0 Å². The van der Waals surface area contributed by atoms with Gasteiger partial charge in [0.05, 0.1) is 0 Å². The van der Waals surface area contributed by atoms with Crippen LogP contribution in [0.3, 0.4) is 0 Å². The van der Waals surface area contributed by atoms with Crippen molar-refractivity contribution in [2.75, 3.05) is 0 Å². The highest BCUT2D eigenvalue weighted by atomic mass is 28.2. The third kappa shape index (κ3) is 10.2. The highest BCUT2D eigenvalue weighted by Crippen LogP contribution is 2.24. The quantitative estimate of drug-likeness (QED) is 0.562. The standard InChI is InChI=1S/C10H24Si/c1-9(2,3)7-11-8-10(4,5)6/h7-8,11H2,1-6H3. The number of rotatable bonds is 2. The Kier molecular flexibility index (Phi) is 3.82. The molecule has 1 heteroatoms. The normalized spacial score (nSPS) is 13.6. The fourth-order valence-electron chi connectivity index (χ4n) is 1.15. The van der Waals surface area contributed by atoms with E-state index < -0.39 is 0 Å². The molecule has 0 spiro atoms. The molecule has 0 bridgehead atoms. The SMILES string of the molecule is CC(C)(C)C[SiH2]CC(C)(C)C. The van der Waals surface area contributed by atoms with E-state index in [0.29, 0.717) is 10.8 Å². The van der Waals surface area contributed by atoms with Gasteiger partial charge in [-0.15, -0.1) is 0 Å². The van der Waals surface area contributed by atoms with Gasteiger partial charge in [-0.05, 0) is 10.8 Å². The van der Waals surface area contributed by atoms with Gasteiger partial charge < -0.3 is 0 Å². The van der Waals surface area contributed by atoms with Crippen molar-refractivity contribution in [1.29, 1.82) is 0 Å². The first-order valence-electron chi connectivity index (χ1n) is 4.71. The maximum atomic E-state index is 2.35. The number of hydrogen-bond acceptors (Lipinski definition) is 0. The summed E-state index contributed by atoms with van der Waals surface area (Å²) in [4.78, 5) is 0. The maximum Gasteiger partial charge on any atom is 0.0208 e. The first kappa shape index (κ1) is 11.2. The summed E-state index contributed by atoms with van der Waals surface area (Å²) < 4.78 is 0. The Labute approximate surface area is 74.6 Å². The van der Waals surface area contributed by atoms with Crippen LogP contribution in [0.2, 0.25) is 12.1 Å². The Bertz CT molecular complexity index is 89.0. The lowest BCUT2D eigenvalue weighted by Gasteiger charge is -2.22. The molecule has 0 fully saturated rings. The Morgan fingerprint density at radius 2 is 1.00 bits per heavy atom. The molecule has 0 aromatic rings. The van der Waals surface area contributed by atoms with E-state index in [2.05, 4.69) is 41.5 Å². The summed E-state index contributed by atoms with van der Waals surface area (Å²) in [6, 6.07) is 2.98. The molecule has 0 saturated carbocycles. The number of hydrogen-bond donors (Lipinski definition) is 0. The highest BCUT2D eigenvalue weighted by molar-refractivity contribution is 6.35. The zero-order valence-corrected chi connectivity index (χ0v) is 10.5. The second-order valence-electron chi connectivity index (χ2n) is 5.97. The summed E-state index contributed by atoms with van der Waals surface area (Å²) in [5.74, 6) is 0. The smallest absolute Gasteiger partial charge is 0.0208 e. The molecule has 0 aliphatic heterocycles. The Balaban J connectivity index is 3.44. The van der Waals surface area contributed by atoms with Gasteiger partial charge in [-0.2, -0.15) is 0 Å². The van der Waals surface area contributed by atoms with Crippen LogP contribution in [0.5, 0.6) is 0 Å². The predicted octanol–water partition coefficient (Wildman–Crippen LogP) is 3.08. The van der Waals surface area contributed by atoms with Crippen molar-refractivity contribution in [1.82, 2.24) is 0 Å². The molecule has 0 saturated heterocycles. The van der Waals surface area contributed by atoms with Gasteiger partial charge in [0.1, 0.15) is 0 Å². The fraction of sp³-hybridized carbons (Fsp3) is 1.00. The average molecular weight is 172 g/mol. The van der Waals surface area contributed by atoms with Crippen LogP contribution in [0.1, 0.15) is 41.5 Å². The van der Waals surface area contributed by atoms with Crippen LogP contribution in [0.15, 0.2) is 0 Å². The molecule has 0 amide bonds. The van der Waals surface area contributed by atoms with Gasteiger partial charge in [-0.25, -0.2) is 0 Å². The maximum absolute atomic E-state index is 2.35. The molecule has 0 aromatic carbocycles. The third-order valence-electron chi connectivity index (χ3n) is 1.85. The summed E-state index contributed by atoms with van der Waals surface area (Å²) in [6.07, 6.45) is 0. The highest BCUT2D eigenvalue weighted by Gasteiger charge is 2.14. The van der Waals surface area contributed by atoms with E-state index in [9.17, 15) is 0 Å². The molecule has 0 heterocycles. The molecule has 0 radical (unpaired) electrons. The van der Waals surface area contributed by atoms with Crippen LogP contribution in [-0.4, -0.2) is 9.52 Å². The van der Waals surface area contributed by atoms with Gasteiger partial charge in [0.2, 0.25) is 0 Å². The van der Waals surface area contributed by atoms with E-state index in [1.165, 1.54) is 12.1 Å². The largest absolute Gasteiger partial charge is 0.0605 e. The van der Waals surface area contributed by atoms with Crippen LogP contribution in [0, 0.1) is 10.8 Å². The fourth-order valence-corrected chi connectivity index (χ4v) is 3.45. The van der Waals surface area contributed by atoms with Gasteiger partial charge in [-0.1, -0.05) is 53.6 Å². The summed E-state index contributed by atoms with van der Waals surface area (Å²) in [5.41, 5.74) is 1.16. The lowest BCUT2D eigenvalue weighted by Crippen LogP contribution is -2.14. The van der Waals surface area contributed by atoms with E-state index in [1.54, 1.807) is 0 Å². The van der Waals surface area contributed by atoms with Crippen molar-refractivity contribution >= 4 is 9.52 Å². The predicted molar refractivity (Wildman–Crippen MR) is 57.1 cm³/mol.